The first-order valence-electron chi connectivity index (χ1n) is 8.05. The van der Waals surface area contributed by atoms with E-state index < -0.39 is 0 Å². The molecule has 2 unspecified atom stereocenters. The molecule has 1 aromatic carbocycles. The number of nitrogens with one attached hydrogen (secondary N) is 1. The summed E-state index contributed by atoms with van der Waals surface area (Å²) in [4.78, 5) is 7.39. The van der Waals surface area contributed by atoms with Crippen molar-refractivity contribution in [2.24, 2.45) is 0 Å². The third-order valence-electron chi connectivity index (χ3n) is 4.73. The minimum Gasteiger partial charge on any atom is -0.350 e. The zero-order valence-corrected chi connectivity index (χ0v) is 13.3. The molecule has 1 aliphatic rings. The Bertz CT molecular complexity index is 623. The Kier molecular flexibility index (Phi) is 4.11. The van der Waals surface area contributed by atoms with Crippen molar-refractivity contribution in [2.75, 3.05) is 11.9 Å². The number of hydrogen-bond acceptors (Lipinski definition) is 3. The molecule has 2 aromatic rings. The highest BCUT2D eigenvalue weighted by Crippen LogP contribution is 2.35. The standard InChI is InChI=1S/C18H25N3/c1-4-15-10-9-13(2)21(15)18-17-8-6-5-7-16(17)14(11-19-3)12-20-18/h5-8,12-13,15,19H,4,9-11H2,1-3H3. The lowest BCUT2D eigenvalue weighted by Gasteiger charge is -2.30. The maximum atomic E-state index is 4.84. The Morgan fingerprint density at radius 1 is 1.24 bits per heavy atom. The molecule has 0 saturated carbocycles. The van der Waals surface area contributed by atoms with Gasteiger partial charge in [0.05, 0.1) is 0 Å². The highest BCUT2D eigenvalue weighted by atomic mass is 15.3. The van der Waals surface area contributed by atoms with Crippen molar-refractivity contribution in [1.29, 1.82) is 0 Å². The summed E-state index contributed by atoms with van der Waals surface area (Å²) >= 11 is 0. The highest BCUT2D eigenvalue weighted by Gasteiger charge is 2.31. The lowest BCUT2D eigenvalue weighted by molar-refractivity contribution is 0.623. The zero-order valence-electron chi connectivity index (χ0n) is 13.3. The molecule has 1 N–H and O–H groups in total. The van der Waals surface area contributed by atoms with Crippen LogP contribution in [0.1, 0.15) is 38.7 Å². The van der Waals surface area contributed by atoms with Crippen molar-refractivity contribution in [3.05, 3.63) is 36.0 Å². The number of rotatable bonds is 4. The van der Waals surface area contributed by atoms with E-state index in [9.17, 15) is 0 Å². The van der Waals surface area contributed by atoms with Crippen LogP contribution in [0, 0.1) is 0 Å². The van der Waals surface area contributed by atoms with Crippen molar-refractivity contribution in [3.8, 4) is 0 Å². The number of fused-ring (bicyclic) bond motifs is 1. The monoisotopic (exact) mass is 283 g/mol. The average Bonchev–Trinajstić information content (AvgIpc) is 2.89. The van der Waals surface area contributed by atoms with Crippen molar-refractivity contribution in [3.63, 3.8) is 0 Å². The van der Waals surface area contributed by atoms with Gasteiger partial charge < -0.3 is 10.2 Å². The smallest absolute Gasteiger partial charge is 0.136 e. The second-order valence-corrected chi connectivity index (χ2v) is 6.08. The van der Waals surface area contributed by atoms with Gasteiger partial charge in [0.2, 0.25) is 0 Å². The summed E-state index contributed by atoms with van der Waals surface area (Å²) in [6, 6.07) is 9.89. The highest BCUT2D eigenvalue weighted by molar-refractivity contribution is 5.94. The topological polar surface area (TPSA) is 28.2 Å². The number of hydrogen-bond donors (Lipinski definition) is 1. The molecule has 21 heavy (non-hydrogen) atoms. The molecule has 3 heteroatoms. The van der Waals surface area contributed by atoms with Crippen LogP contribution in [0.4, 0.5) is 5.82 Å². The van der Waals surface area contributed by atoms with Gasteiger partial charge in [0.1, 0.15) is 5.82 Å². The molecule has 3 nitrogen and oxygen atoms in total. The van der Waals surface area contributed by atoms with Crippen LogP contribution in [0.25, 0.3) is 10.8 Å². The molecule has 112 valence electrons. The van der Waals surface area contributed by atoms with Crippen LogP contribution < -0.4 is 10.2 Å². The number of nitrogens with zero attached hydrogens (tertiary/aromatic N) is 2. The van der Waals surface area contributed by atoms with Gasteiger partial charge in [-0.25, -0.2) is 4.98 Å². The molecule has 1 fully saturated rings. The van der Waals surface area contributed by atoms with Crippen molar-refractivity contribution < 1.29 is 0 Å². The van der Waals surface area contributed by atoms with E-state index >= 15 is 0 Å². The SMILES string of the molecule is CCC1CCC(C)N1c1ncc(CNC)c2ccccc12. The van der Waals surface area contributed by atoms with Crippen LogP contribution in [0.2, 0.25) is 0 Å². The number of benzene rings is 1. The summed E-state index contributed by atoms with van der Waals surface area (Å²) < 4.78 is 0. The van der Waals surface area contributed by atoms with E-state index in [1.165, 1.54) is 41.4 Å². The Morgan fingerprint density at radius 2 is 2.00 bits per heavy atom. The molecule has 1 aliphatic heterocycles. The fourth-order valence-corrected chi connectivity index (χ4v) is 3.63. The summed E-state index contributed by atoms with van der Waals surface area (Å²) in [6.07, 6.45) is 5.79. The lowest BCUT2D eigenvalue weighted by atomic mass is 10.1. The third-order valence-corrected chi connectivity index (χ3v) is 4.73. The molecule has 0 spiro atoms. The molecule has 0 aliphatic carbocycles. The second-order valence-electron chi connectivity index (χ2n) is 6.08. The van der Waals surface area contributed by atoms with Crippen molar-refractivity contribution in [2.45, 2.75) is 51.7 Å². The van der Waals surface area contributed by atoms with Crippen LogP contribution >= 0.6 is 0 Å². The van der Waals surface area contributed by atoms with Gasteiger partial charge in [-0.3, -0.25) is 0 Å². The Hall–Kier alpha value is -1.61. The molecule has 2 heterocycles. The van der Waals surface area contributed by atoms with E-state index in [2.05, 4.69) is 48.3 Å². The molecule has 1 aromatic heterocycles. The molecular formula is C18H25N3. The van der Waals surface area contributed by atoms with Crippen LogP contribution in [0.15, 0.2) is 30.5 Å². The van der Waals surface area contributed by atoms with Gasteiger partial charge in [0, 0.05) is 30.2 Å². The fourth-order valence-electron chi connectivity index (χ4n) is 3.63. The predicted octanol–water partition coefficient (Wildman–Crippen LogP) is 3.72. The normalized spacial score (nSPS) is 22.1. The Labute approximate surface area is 127 Å². The quantitative estimate of drug-likeness (QED) is 0.927. The van der Waals surface area contributed by atoms with Crippen molar-refractivity contribution in [1.82, 2.24) is 10.3 Å². The number of anilines is 1. The van der Waals surface area contributed by atoms with E-state index in [0.717, 1.165) is 6.54 Å². The van der Waals surface area contributed by atoms with Gasteiger partial charge in [0.15, 0.2) is 0 Å². The molecule has 1 saturated heterocycles. The first-order chi connectivity index (χ1) is 10.3. The minimum absolute atomic E-state index is 0.584. The second kappa shape index (κ2) is 6.02. The van der Waals surface area contributed by atoms with Crippen LogP contribution in [0.3, 0.4) is 0 Å². The van der Waals surface area contributed by atoms with E-state index in [-0.39, 0.29) is 0 Å². The maximum absolute atomic E-state index is 4.84. The average molecular weight is 283 g/mol. The largest absolute Gasteiger partial charge is 0.350 e. The first kappa shape index (κ1) is 14.3. The number of pyridine rings is 1. The zero-order chi connectivity index (χ0) is 14.8. The van der Waals surface area contributed by atoms with Gasteiger partial charge in [-0.05, 0) is 44.2 Å². The van der Waals surface area contributed by atoms with E-state index in [4.69, 9.17) is 4.98 Å². The Morgan fingerprint density at radius 3 is 2.71 bits per heavy atom. The Balaban J connectivity index is 2.13. The molecule has 0 radical (unpaired) electrons. The van der Waals surface area contributed by atoms with Gasteiger partial charge in [-0.2, -0.15) is 0 Å². The van der Waals surface area contributed by atoms with Gasteiger partial charge in [-0.15, -0.1) is 0 Å². The molecule has 0 bridgehead atoms. The maximum Gasteiger partial charge on any atom is 0.136 e. The first-order valence-corrected chi connectivity index (χ1v) is 8.05. The van der Waals surface area contributed by atoms with Gasteiger partial charge >= 0.3 is 0 Å². The van der Waals surface area contributed by atoms with E-state index in [1.807, 2.05) is 13.2 Å². The summed E-state index contributed by atoms with van der Waals surface area (Å²) in [6.45, 7) is 5.47. The van der Waals surface area contributed by atoms with Gasteiger partial charge in [-0.1, -0.05) is 31.2 Å². The summed E-state index contributed by atoms with van der Waals surface area (Å²) in [7, 11) is 1.98. The summed E-state index contributed by atoms with van der Waals surface area (Å²) in [5.41, 5.74) is 1.27. The lowest BCUT2D eigenvalue weighted by Crippen LogP contribution is -2.35. The molecule has 0 amide bonds. The summed E-state index contributed by atoms with van der Waals surface area (Å²) in [5, 5.41) is 5.85. The fraction of sp³-hybridized carbons (Fsp3) is 0.500. The van der Waals surface area contributed by atoms with Crippen molar-refractivity contribution >= 4 is 16.6 Å². The third kappa shape index (κ3) is 2.51. The predicted molar refractivity (Wildman–Crippen MR) is 89.8 cm³/mol. The minimum atomic E-state index is 0.584. The molecule has 2 atom stereocenters. The van der Waals surface area contributed by atoms with Gasteiger partial charge in [0.25, 0.3) is 0 Å². The van der Waals surface area contributed by atoms with E-state index in [1.54, 1.807) is 0 Å². The molecular weight excluding hydrogens is 258 g/mol. The number of aromatic nitrogens is 1. The van der Waals surface area contributed by atoms with Crippen LogP contribution in [0.5, 0.6) is 0 Å². The van der Waals surface area contributed by atoms with Crippen LogP contribution in [-0.2, 0) is 6.54 Å². The summed E-state index contributed by atoms with van der Waals surface area (Å²) in [5.74, 6) is 1.17. The van der Waals surface area contributed by atoms with E-state index in [0.29, 0.717) is 12.1 Å². The van der Waals surface area contributed by atoms with Crippen LogP contribution in [-0.4, -0.2) is 24.1 Å². The molecule has 3 rings (SSSR count).